The number of hydrogen-bond acceptors (Lipinski definition) is 5. The minimum absolute atomic E-state index is 0.115. The first-order valence-electron chi connectivity index (χ1n) is 9.20. The predicted octanol–water partition coefficient (Wildman–Crippen LogP) is 3.58. The molecule has 0 aliphatic carbocycles. The van der Waals surface area contributed by atoms with E-state index in [9.17, 15) is 4.79 Å². The Hall–Kier alpha value is -2.53. The van der Waals surface area contributed by atoms with Gasteiger partial charge < -0.3 is 21.1 Å². The van der Waals surface area contributed by atoms with Crippen LogP contribution in [0.3, 0.4) is 0 Å². The molecular formula is C21H29N3O2. The molecule has 5 nitrogen and oxygen atoms in total. The SMILES string of the molecule is CCN(CC)CCCCOc1ccccc1C(=O)c1ccc(N)c(N)c1. The summed E-state index contributed by atoms with van der Waals surface area (Å²) in [5.74, 6) is 0.492. The van der Waals surface area contributed by atoms with Crippen LogP contribution in [0.5, 0.6) is 5.75 Å². The van der Waals surface area contributed by atoms with Crippen LogP contribution < -0.4 is 16.2 Å². The molecule has 0 unspecified atom stereocenters. The summed E-state index contributed by atoms with van der Waals surface area (Å²) in [6.45, 7) is 8.15. The van der Waals surface area contributed by atoms with E-state index < -0.39 is 0 Å². The first kappa shape index (κ1) is 19.8. The third-order valence-electron chi connectivity index (χ3n) is 4.50. The second-order valence-electron chi connectivity index (χ2n) is 6.25. The summed E-state index contributed by atoms with van der Waals surface area (Å²) in [6, 6.07) is 12.3. The van der Waals surface area contributed by atoms with Gasteiger partial charge in [-0.2, -0.15) is 0 Å². The third-order valence-corrected chi connectivity index (χ3v) is 4.50. The molecule has 0 spiro atoms. The van der Waals surface area contributed by atoms with Gasteiger partial charge in [-0.3, -0.25) is 4.79 Å². The molecule has 0 atom stereocenters. The molecule has 5 heteroatoms. The van der Waals surface area contributed by atoms with Crippen molar-refractivity contribution in [2.75, 3.05) is 37.7 Å². The Morgan fingerprint density at radius 3 is 2.42 bits per heavy atom. The standard InChI is InChI=1S/C21H29N3O2/c1-3-24(4-2)13-7-8-14-26-20-10-6-5-9-17(20)21(25)16-11-12-18(22)19(23)15-16/h5-6,9-12,15H,3-4,7-8,13-14,22-23H2,1-2H3. The molecule has 0 saturated carbocycles. The van der Waals surface area contributed by atoms with Crippen LogP contribution in [-0.4, -0.2) is 36.9 Å². The Balaban J connectivity index is 1.99. The van der Waals surface area contributed by atoms with Gasteiger partial charge in [-0.1, -0.05) is 26.0 Å². The highest BCUT2D eigenvalue weighted by Gasteiger charge is 2.15. The fraction of sp³-hybridized carbons (Fsp3) is 0.381. The highest BCUT2D eigenvalue weighted by atomic mass is 16.5. The highest BCUT2D eigenvalue weighted by molar-refractivity contribution is 6.11. The van der Waals surface area contributed by atoms with Gasteiger partial charge in [-0.25, -0.2) is 0 Å². The fourth-order valence-electron chi connectivity index (χ4n) is 2.81. The fourth-order valence-corrected chi connectivity index (χ4v) is 2.81. The molecule has 0 fully saturated rings. The Morgan fingerprint density at radius 1 is 1.00 bits per heavy atom. The van der Waals surface area contributed by atoms with Crippen molar-refractivity contribution >= 4 is 17.2 Å². The number of ether oxygens (including phenoxy) is 1. The van der Waals surface area contributed by atoms with Crippen LogP contribution in [0.25, 0.3) is 0 Å². The van der Waals surface area contributed by atoms with Crippen molar-refractivity contribution < 1.29 is 9.53 Å². The lowest BCUT2D eigenvalue weighted by Crippen LogP contribution is -2.24. The molecule has 0 aromatic heterocycles. The van der Waals surface area contributed by atoms with Crippen molar-refractivity contribution in [3.63, 3.8) is 0 Å². The summed E-state index contributed by atoms with van der Waals surface area (Å²) in [6.07, 6.45) is 2.03. The molecule has 0 heterocycles. The second kappa shape index (κ2) is 9.82. The highest BCUT2D eigenvalue weighted by Crippen LogP contribution is 2.24. The summed E-state index contributed by atoms with van der Waals surface area (Å²) < 4.78 is 5.89. The largest absolute Gasteiger partial charge is 0.493 e. The van der Waals surface area contributed by atoms with E-state index in [-0.39, 0.29) is 5.78 Å². The average Bonchev–Trinajstić information content (AvgIpc) is 2.66. The number of para-hydroxylation sites is 1. The van der Waals surface area contributed by atoms with E-state index in [2.05, 4.69) is 18.7 Å². The number of carbonyl (C=O) groups excluding carboxylic acids is 1. The number of nitrogens with zero attached hydrogens (tertiary/aromatic N) is 1. The minimum Gasteiger partial charge on any atom is -0.493 e. The molecule has 2 rings (SSSR count). The number of benzene rings is 2. The van der Waals surface area contributed by atoms with Crippen molar-refractivity contribution in [3.8, 4) is 5.75 Å². The normalized spacial score (nSPS) is 10.9. The van der Waals surface area contributed by atoms with Gasteiger partial charge in [-0.05, 0) is 62.8 Å². The Bertz CT molecular complexity index is 727. The van der Waals surface area contributed by atoms with Crippen LogP contribution in [0.15, 0.2) is 42.5 Å². The van der Waals surface area contributed by atoms with Gasteiger partial charge in [0.15, 0.2) is 5.78 Å². The summed E-state index contributed by atoms with van der Waals surface area (Å²) >= 11 is 0. The van der Waals surface area contributed by atoms with Crippen molar-refractivity contribution in [2.24, 2.45) is 0 Å². The maximum atomic E-state index is 12.8. The number of carbonyl (C=O) groups is 1. The van der Waals surface area contributed by atoms with Crippen molar-refractivity contribution in [1.82, 2.24) is 4.90 Å². The number of nitrogen functional groups attached to an aromatic ring is 2. The van der Waals surface area contributed by atoms with Gasteiger partial charge in [0.25, 0.3) is 0 Å². The zero-order chi connectivity index (χ0) is 18.9. The van der Waals surface area contributed by atoms with E-state index in [0.29, 0.717) is 34.9 Å². The second-order valence-corrected chi connectivity index (χ2v) is 6.25. The molecule has 0 aliphatic heterocycles. The molecule has 4 N–H and O–H groups in total. The van der Waals surface area contributed by atoms with Gasteiger partial charge in [0, 0.05) is 5.56 Å². The Kier molecular flexibility index (Phi) is 7.48. The van der Waals surface area contributed by atoms with E-state index in [4.69, 9.17) is 16.2 Å². The molecule has 0 amide bonds. The van der Waals surface area contributed by atoms with E-state index in [1.807, 2.05) is 18.2 Å². The first-order valence-corrected chi connectivity index (χ1v) is 9.20. The molecule has 2 aromatic rings. The molecule has 140 valence electrons. The summed E-state index contributed by atoms with van der Waals surface area (Å²) in [4.78, 5) is 15.2. The van der Waals surface area contributed by atoms with Crippen LogP contribution in [0, 0.1) is 0 Å². The Morgan fingerprint density at radius 2 is 1.73 bits per heavy atom. The minimum atomic E-state index is -0.115. The zero-order valence-electron chi connectivity index (χ0n) is 15.7. The van der Waals surface area contributed by atoms with Gasteiger partial charge >= 0.3 is 0 Å². The Labute approximate surface area is 155 Å². The summed E-state index contributed by atoms with van der Waals surface area (Å²) in [5.41, 5.74) is 13.5. The smallest absolute Gasteiger partial charge is 0.196 e. The molecule has 0 bridgehead atoms. The van der Waals surface area contributed by atoms with Gasteiger partial charge in [0.05, 0.1) is 23.5 Å². The molecule has 0 aliphatic rings. The van der Waals surface area contributed by atoms with Crippen molar-refractivity contribution in [3.05, 3.63) is 53.6 Å². The van der Waals surface area contributed by atoms with E-state index in [0.717, 1.165) is 32.5 Å². The molecule has 26 heavy (non-hydrogen) atoms. The topological polar surface area (TPSA) is 81.6 Å². The van der Waals surface area contributed by atoms with Crippen molar-refractivity contribution in [1.29, 1.82) is 0 Å². The van der Waals surface area contributed by atoms with Crippen molar-refractivity contribution in [2.45, 2.75) is 26.7 Å². The quantitative estimate of drug-likeness (QED) is 0.387. The van der Waals surface area contributed by atoms with Crippen LogP contribution in [0.4, 0.5) is 11.4 Å². The molecular weight excluding hydrogens is 326 g/mol. The number of rotatable bonds is 10. The van der Waals surface area contributed by atoms with Gasteiger partial charge in [0.2, 0.25) is 0 Å². The van der Waals surface area contributed by atoms with Gasteiger partial charge in [0.1, 0.15) is 5.75 Å². The van der Waals surface area contributed by atoms with Crippen LogP contribution in [-0.2, 0) is 0 Å². The predicted molar refractivity (Wildman–Crippen MR) is 108 cm³/mol. The van der Waals surface area contributed by atoms with Crippen LogP contribution in [0.1, 0.15) is 42.6 Å². The van der Waals surface area contributed by atoms with E-state index in [1.54, 1.807) is 24.3 Å². The number of nitrogens with two attached hydrogens (primary N) is 2. The zero-order valence-corrected chi connectivity index (χ0v) is 15.7. The number of anilines is 2. The van der Waals surface area contributed by atoms with Gasteiger partial charge in [-0.15, -0.1) is 0 Å². The summed E-state index contributed by atoms with van der Waals surface area (Å²) in [7, 11) is 0. The van der Waals surface area contributed by atoms with Crippen LogP contribution in [0.2, 0.25) is 0 Å². The monoisotopic (exact) mass is 355 g/mol. The maximum absolute atomic E-state index is 12.8. The number of unbranched alkanes of at least 4 members (excludes halogenated alkanes) is 1. The lowest BCUT2D eigenvalue weighted by molar-refractivity contribution is 0.103. The van der Waals surface area contributed by atoms with E-state index >= 15 is 0 Å². The molecule has 0 saturated heterocycles. The number of hydrogen-bond donors (Lipinski definition) is 2. The first-order chi connectivity index (χ1) is 12.6. The lowest BCUT2D eigenvalue weighted by Gasteiger charge is -2.17. The number of ketones is 1. The summed E-state index contributed by atoms with van der Waals surface area (Å²) in [5, 5.41) is 0. The maximum Gasteiger partial charge on any atom is 0.196 e. The molecule has 2 aromatic carbocycles. The van der Waals surface area contributed by atoms with E-state index in [1.165, 1.54) is 0 Å². The molecule has 0 radical (unpaired) electrons. The van der Waals surface area contributed by atoms with Crippen LogP contribution >= 0.6 is 0 Å². The average molecular weight is 355 g/mol. The third kappa shape index (κ3) is 5.23. The lowest BCUT2D eigenvalue weighted by atomic mass is 10.0.